The van der Waals surface area contributed by atoms with Gasteiger partial charge < -0.3 is 0 Å². The van der Waals surface area contributed by atoms with E-state index in [0.29, 0.717) is 12.5 Å². The molecule has 0 aromatic heterocycles. The van der Waals surface area contributed by atoms with Crippen LogP contribution in [0, 0.1) is 5.92 Å². The second kappa shape index (κ2) is 10.1. The third-order valence-corrected chi connectivity index (χ3v) is 4.15. The van der Waals surface area contributed by atoms with Crippen LogP contribution < -0.4 is 0 Å². The lowest BCUT2D eigenvalue weighted by Gasteiger charge is -2.15. The lowest BCUT2D eigenvalue weighted by atomic mass is 9.94. The van der Waals surface area contributed by atoms with E-state index in [9.17, 15) is 0 Å². The Hall–Kier alpha value is -1.64. The Morgan fingerprint density at radius 2 is 1.18 bits per heavy atom. The molecule has 2 aromatic carbocycles. The Labute approximate surface area is 133 Å². The summed E-state index contributed by atoms with van der Waals surface area (Å²) in [5.41, 5.74) is 2.77. The van der Waals surface area contributed by atoms with Crippen molar-refractivity contribution in [2.75, 3.05) is 6.61 Å². The molecule has 0 spiro atoms. The van der Waals surface area contributed by atoms with E-state index >= 15 is 0 Å². The van der Waals surface area contributed by atoms with E-state index in [1.807, 2.05) is 0 Å². The molecule has 22 heavy (non-hydrogen) atoms. The van der Waals surface area contributed by atoms with Gasteiger partial charge in [-0.3, -0.25) is 5.26 Å². The minimum Gasteiger partial charge on any atom is -0.252 e. The van der Waals surface area contributed by atoms with Crippen LogP contribution in [-0.2, 0) is 17.7 Å². The van der Waals surface area contributed by atoms with Crippen LogP contribution in [0.3, 0.4) is 0 Å². The molecule has 1 N–H and O–H groups in total. The van der Waals surface area contributed by atoms with Gasteiger partial charge in [0.1, 0.15) is 0 Å². The fourth-order valence-corrected chi connectivity index (χ4v) is 2.90. The number of rotatable bonds is 10. The topological polar surface area (TPSA) is 29.5 Å². The largest absolute Gasteiger partial charge is 0.252 e. The van der Waals surface area contributed by atoms with Crippen molar-refractivity contribution in [3.05, 3.63) is 71.8 Å². The third kappa shape index (κ3) is 6.42. The van der Waals surface area contributed by atoms with E-state index in [-0.39, 0.29) is 0 Å². The van der Waals surface area contributed by atoms with Crippen molar-refractivity contribution in [3.8, 4) is 0 Å². The first-order chi connectivity index (χ1) is 10.9. The summed E-state index contributed by atoms with van der Waals surface area (Å²) in [7, 11) is 0. The zero-order valence-corrected chi connectivity index (χ0v) is 13.2. The van der Waals surface area contributed by atoms with Crippen molar-refractivity contribution in [3.63, 3.8) is 0 Å². The maximum absolute atomic E-state index is 8.77. The van der Waals surface area contributed by atoms with Crippen LogP contribution in [-0.4, -0.2) is 11.9 Å². The number of aryl methyl sites for hydroxylation is 2. The normalized spacial score (nSPS) is 11.0. The van der Waals surface area contributed by atoms with Crippen molar-refractivity contribution in [2.24, 2.45) is 5.92 Å². The molecule has 2 aromatic rings. The number of hydrogen-bond acceptors (Lipinski definition) is 2. The zero-order chi connectivity index (χ0) is 15.5. The van der Waals surface area contributed by atoms with Gasteiger partial charge in [-0.2, -0.15) is 0 Å². The fourth-order valence-electron chi connectivity index (χ4n) is 2.90. The smallest absolute Gasteiger partial charge is 0.0847 e. The van der Waals surface area contributed by atoms with Crippen molar-refractivity contribution in [2.45, 2.75) is 38.5 Å². The molecule has 0 radical (unpaired) electrons. The van der Waals surface area contributed by atoms with Gasteiger partial charge in [0, 0.05) is 0 Å². The minimum atomic E-state index is 0.442. The summed E-state index contributed by atoms with van der Waals surface area (Å²) in [6.45, 7) is 0.448. The fraction of sp³-hybridized carbons (Fsp3) is 0.400. The summed E-state index contributed by atoms with van der Waals surface area (Å²) < 4.78 is 0. The molecule has 0 aliphatic rings. The molecule has 0 saturated carbocycles. The molecule has 0 unspecified atom stereocenters. The predicted octanol–water partition coefficient (Wildman–Crippen LogP) is 5.14. The molecule has 2 rings (SSSR count). The molecule has 0 aliphatic carbocycles. The Morgan fingerprint density at radius 3 is 1.59 bits per heavy atom. The minimum absolute atomic E-state index is 0.442. The van der Waals surface area contributed by atoms with E-state index in [4.69, 9.17) is 5.26 Å². The Morgan fingerprint density at radius 1 is 0.727 bits per heavy atom. The van der Waals surface area contributed by atoms with Crippen molar-refractivity contribution in [1.29, 1.82) is 0 Å². The van der Waals surface area contributed by atoms with Gasteiger partial charge in [-0.15, -0.1) is 0 Å². The summed E-state index contributed by atoms with van der Waals surface area (Å²) in [5, 5.41) is 8.77. The van der Waals surface area contributed by atoms with Gasteiger partial charge in [-0.1, -0.05) is 60.7 Å². The molecule has 0 bridgehead atoms. The van der Waals surface area contributed by atoms with Crippen molar-refractivity contribution < 1.29 is 10.1 Å². The lowest BCUT2D eigenvalue weighted by Crippen LogP contribution is -2.09. The Balaban J connectivity index is 1.68. The van der Waals surface area contributed by atoms with Gasteiger partial charge in [0.2, 0.25) is 0 Å². The van der Waals surface area contributed by atoms with Crippen LogP contribution in [0.5, 0.6) is 0 Å². The molecule has 0 saturated heterocycles. The average Bonchev–Trinajstić information content (AvgIpc) is 2.57. The summed E-state index contributed by atoms with van der Waals surface area (Å²) in [5.74, 6) is 0.442. The van der Waals surface area contributed by atoms with Crippen LogP contribution in [0.4, 0.5) is 0 Å². The van der Waals surface area contributed by atoms with Crippen LogP contribution in [0.15, 0.2) is 60.7 Å². The lowest BCUT2D eigenvalue weighted by molar-refractivity contribution is -0.251. The van der Waals surface area contributed by atoms with Gasteiger partial charge >= 0.3 is 0 Å². The van der Waals surface area contributed by atoms with Crippen molar-refractivity contribution in [1.82, 2.24) is 0 Å². The molecule has 0 atom stereocenters. The second-order valence-corrected chi connectivity index (χ2v) is 5.92. The summed E-state index contributed by atoms with van der Waals surface area (Å²) in [6, 6.07) is 21.1. The number of hydrogen-bond donors (Lipinski definition) is 1. The van der Waals surface area contributed by atoms with Crippen LogP contribution in [0.1, 0.15) is 36.8 Å². The summed E-state index contributed by atoms with van der Waals surface area (Å²) in [6.07, 6.45) is 6.68. The van der Waals surface area contributed by atoms with E-state index in [1.54, 1.807) is 0 Å². The Bertz CT molecular complexity index is 450. The first-order valence-corrected chi connectivity index (χ1v) is 8.22. The van der Waals surface area contributed by atoms with Crippen LogP contribution >= 0.6 is 0 Å². The maximum Gasteiger partial charge on any atom is 0.0847 e. The molecular formula is C20H26O2. The maximum atomic E-state index is 8.77. The molecule has 0 fully saturated rings. The van der Waals surface area contributed by atoms with E-state index < -0.39 is 0 Å². The highest BCUT2D eigenvalue weighted by atomic mass is 17.1. The van der Waals surface area contributed by atoms with Crippen molar-refractivity contribution >= 4 is 0 Å². The average molecular weight is 298 g/mol. The third-order valence-electron chi connectivity index (χ3n) is 4.15. The highest BCUT2D eigenvalue weighted by Crippen LogP contribution is 2.18. The van der Waals surface area contributed by atoms with Crippen LogP contribution in [0.25, 0.3) is 0 Å². The van der Waals surface area contributed by atoms with Gasteiger partial charge in [0.05, 0.1) is 6.61 Å². The SMILES string of the molecule is OOCC(CCCc1ccccc1)CCCc1ccccc1. The Kier molecular flexibility index (Phi) is 7.71. The number of benzene rings is 2. The van der Waals surface area contributed by atoms with Crippen LogP contribution in [0.2, 0.25) is 0 Å². The summed E-state index contributed by atoms with van der Waals surface area (Å²) >= 11 is 0. The molecule has 0 heterocycles. The quantitative estimate of drug-likeness (QED) is 0.486. The van der Waals surface area contributed by atoms with Gasteiger partial charge in [0.25, 0.3) is 0 Å². The predicted molar refractivity (Wildman–Crippen MR) is 90.8 cm³/mol. The zero-order valence-electron chi connectivity index (χ0n) is 13.2. The van der Waals surface area contributed by atoms with Gasteiger partial charge in [0.15, 0.2) is 0 Å². The molecule has 0 aliphatic heterocycles. The first kappa shape index (κ1) is 16.7. The van der Waals surface area contributed by atoms with E-state index in [1.165, 1.54) is 11.1 Å². The highest BCUT2D eigenvalue weighted by Gasteiger charge is 2.09. The summed E-state index contributed by atoms with van der Waals surface area (Å²) in [4.78, 5) is 4.41. The molecule has 0 amide bonds. The first-order valence-electron chi connectivity index (χ1n) is 8.22. The van der Waals surface area contributed by atoms with E-state index in [2.05, 4.69) is 65.6 Å². The molecule has 118 valence electrons. The molecule has 2 nitrogen and oxygen atoms in total. The molecular weight excluding hydrogens is 272 g/mol. The van der Waals surface area contributed by atoms with E-state index in [0.717, 1.165) is 38.5 Å². The highest BCUT2D eigenvalue weighted by molar-refractivity contribution is 5.15. The monoisotopic (exact) mass is 298 g/mol. The van der Waals surface area contributed by atoms with Gasteiger partial charge in [-0.05, 0) is 55.6 Å². The second-order valence-electron chi connectivity index (χ2n) is 5.92. The standard InChI is InChI=1S/C20H26O2/c21-22-17-20(15-7-13-18-9-3-1-4-10-18)16-8-14-19-11-5-2-6-12-19/h1-6,9-12,20-21H,7-8,13-17H2. The molecule has 2 heteroatoms. The van der Waals surface area contributed by atoms with Gasteiger partial charge in [-0.25, -0.2) is 4.89 Å².